The number of hydrogen-bond acceptors (Lipinski definition) is 3. The summed E-state index contributed by atoms with van der Waals surface area (Å²) in [5, 5.41) is 2.34. The van der Waals surface area contributed by atoms with Gasteiger partial charge in [-0.1, -0.05) is 29.8 Å². The summed E-state index contributed by atoms with van der Waals surface area (Å²) in [6.45, 7) is 3.38. The van der Waals surface area contributed by atoms with Gasteiger partial charge in [0.1, 0.15) is 5.82 Å². The van der Waals surface area contributed by atoms with Gasteiger partial charge in [-0.15, -0.1) is 0 Å². The molecule has 0 radical (unpaired) electrons. The quantitative estimate of drug-likeness (QED) is 0.848. The van der Waals surface area contributed by atoms with E-state index in [0.29, 0.717) is 5.56 Å². The summed E-state index contributed by atoms with van der Waals surface area (Å²) in [4.78, 5) is 24.0. The van der Waals surface area contributed by atoms with E-state index in [1.54, 1.807) is 44.2 Å². The molecule has 0 atom stereocenters. The topological polar surface area (TPSA) is 55.4 Å². The Morgan fingerprint density at radius 1 is 1.17 bits per heavy atom. The Kier molecular flexibility index (Phi) is 5.34. The molecule has 1 N–H and O–H groups in total. The van der Waals surface area contributed by atoms with Gasteiger partial charge in [0.15, 0.2) is 0 Å². The molecule has 0 unspecified atom stereocenters. The lowest BCUT2D eigenvalue weighted by molar-refractivity contribution is 0.0378. The van der Waals surface area contributed by atoms with E-state index in [2.05, 4.69) is 5.32 Å². The van der Waals surface area contributed by atoms with Crippen molar-refractivity contribution >= 4 is 29.2 Å². The van der Waals surface area contributed by atoms with E-state index in [1.807, 2.05) is 0 Å². The van der Waals surface area contributed by atoms with Crippen LogP contribution in [0.15, 0.2) is 42.5 Å². The van der Waals surface area contributed by atoms with Crippen LogP contribution in [0, 0.1) is 5.82 Å². The maximum Gasteiger partial charge on any atom is 0.339 e. The molecule has 0 saturated carbocycles. The summed E-state index contributed by atoms with van der Waals surface area (Å²) < 4.78 is 19.0. The van der Waals surface area contributed by atoms with Crippen molar-refractivity contribution < 1.29 is 18.7 Å². The van der Waals surface area contributed by atoms with Crippen LogP contribution < -0.4 is 5.32 Å². The van der Waals surface area contributed by atoms with Crippen molar-refractivity contribution in [2.24, 2.45) is 0 Å². The number of amides is 1. The van der Waals surface area contributed by atoms with Gasteiger partial charge >= 0.3 is 5.97 Å². The monoisotopic (exact) mass is 335 g/mol. The first-order valence-electron chi connectivity index (χ1n) is 6.95. The molecule has 23 heavy (non-hydrogen) atoms. The van der Waals surface area contributed by atoms with Crippen LogP contribution in [0.1, 0.15) is 34.6 Å². The lowest BCUT2D eigenvalue weighted by atomic mass is 10.1. The van der Waals surface area contributed by atoms with Crippen LogP contribution in [0.25, 0.3) is 0 Å². The molecule has 0 aliphatic carbocycles. The minimum atomic E-state index is -0.736. The average molecular weight is 336 g/mol. The van der Waals surface area contributed by atoms with Crippen molar-refractivity contribution in [2.45, 2.75) is 20.0 Å². The molecule has 1 amide bonds. The molecule has 0 fully saturated rings. The molecule has 0 aliphatic heterocycles. The number of esters is 1. The highest BCUT2D eigenvalue weighted by molar-refractivity contribution is 6.33. The van der Waals surface area contributed by atoms with Crippen molar-refractivity contribution in [1.82, 2.24) is 0 Å². The Labute approximate surface area is 138 Å². The summed E-state index contributed by atoms with van der Waals surface area (Å²) in [5.41, 5.74) is 0.220. The minimum Gasteiger partial charge on any atom is -0.459 e. The average Bonchev–Trinajstić information content (AvgIpc) is 2.50. The van der Waals surface area contributed by atoms with Crippen LogP contribution in [-0.2, 0) is 4.74 Å². The Morgan fingerprint density at radius 2 is 1.83 bits per heavy atom. The first-order chi connectivity index (χ1) is 10.9. The second kappa shape index (κ2) is 7.24. The van der Waals surface area contributed by atoms with Crippen LogP contribution in [0.4, 0.5) is 10.1 Å². The summed E-state index contributed by atoms with van der Waals surface area (Å²) >= 11 is 5.88. The van der Waals surface area contributed by atoms with Crippen LogP contribution in [0.5, 0.6) is 0 Å². The Hall–Kier alpha value is -2.40. The molecule has 0 aliphatic rings. The summed E-state index contributed by atoms with van der Waals surface area (Å²) in [6.07, 6.45) is -0.342. The van der Waals surface area contributed by atoms with Gasteiger partial charge in [-0.2, -0.15) is 0 Å². The zero-order valence-electron chi connectivity index (χ0n) is 12.6. The van der Waals surface area contributed by atoms with Gasteiger partial charge in [0.25, 0.3) is 5.91 Å². The Morgan fingerprint density at radius 3 is 2.43 bits per heavy atom. The fraction of sp³-hybridized carbons (Fsp3) is 0.176. The maximum atomic E-state index is 14.0. The molecule has 120 valence electrons. The predicted octanol–water partition coefficient (Wildman–Crippen LogP) is 4.30. The number of ether oxygens (including phenoxy) is 1. The van der Waals surface area contributed by atoms with Gasteiger partial charge in [0.05, 0.1) is 22.4 Å². The van der Waals surface area contributed by atoms with Gasteiger partial charge < -0.3 is 10.1 Å². The first-order valence-corrected chi connectivity index (χ1v) is 7.32. The van der Waals surface area contributed by atoms with Crippen LogP contribution in [-0.4, -0.2) is 18.0 Å². The molecular formula is C17H15ClFNO3. The minimum absolute atomic E-state index is 0.00914. The second-order valence-corrected chi connectivity index (χ2v) is 5.49. The molecule has 0 heterocycles. The normalized spacial score (nSPS) is 10.5. The molecule has 4 nitrogen and oxygen atoms in total. The number of halogens is 2. The summed E-state index contributed by atoms with van der Waals surface area (Å²) in [6, 6.07) is 10.5. The lowest BCUT2D eigenvalue weighted by Gasteiger charge is -2.12. The molecule has 0 spiro atoms. The number of benzene rings is 2. The number of anilines is 1. The van der Waals surface area contributed by atoms with E-state index in [1.165, 1.54) is 6.07 Å². The van der Waals surface area contributed by atoms with E-state index in [0.717, 1.165) is 6.07 Å². The summed E-state index contributed by atoms with van der Waals surface area (Å²) in [5.74, 6) is -1.91. The van der Waals surface area contributed by atoms with E-state index >= 15 is 0 Å². The molecule has 2 aromatic carbocycles. The smallest absolute Gasteiger partial charge is 0.339 e. The van der Waals surface area contributed by atoms with Crippen molar-refractivity contribution in [3.8, 4) is 0 Å². The van der Waals surface area contributed by atoms with E-state index in [-0.39, 0.29) is 22.4 Å². The third kappa shape index (κ3) is 4.29. The van der Waals surface area contributed by atoms with Gasteiger partial charge in [0.2, 0.25) is 0 Å². The van der Waals surface area contributed by atoms with Crippen molar-refractivity contribution in [3.05, 3.63) is 64.4 Å². The highest BCUT2D eigenvalue weighted by Gasteiger charge is 2.18. The lowest BCUT2D eigenvalue weighted by Crippen LogP contribution is -2.15. The number of hydrogen-bond donors (Lipinski definition) is 1. The molecular weight excluding hydrogens is 321 g/mol. The Bertz CT molecular complexity index is 732. The van der Waals surface area contributed by atoms with Crippen LogP contribution in [0.2, 0.25) is 5.02 Å². The molecule has 0 bridgehead atoms. The third-order valence-electron chi connectivity index (χ3n) is 2.90. The largest absolute Gasteiger partial charge is 0.459 e. The molecule has 6 heteroatoms. The van der Waals surface area contributed by atoms with Crippen molar-refractivity contribution in [3.63, 3.8) is 0 Å². The number of rotatable bonds is 4. The third-order valence-corrected chi connectivity index (χ3v) is 3.22. The zero-order chi connectivity index (χ0) is 17.0. The molecule has 0 aromatic heterocycles. The predicted molar refractivity (Wildman–Crippen MR) is 86.4 cm³/mol. The summed E-state index contributed by atoms with van der Waals surface area (Å²) in [7, 11) is 0. The second-order valence-electron chi connectivity index (χ2n) is 5.09. The zero-order valence-corrected chi connectivity index (χ0v) is 13.4. The van der Waals surface area contributed by atoms with E-state index in [4.69, 9.17) is 16.3 Å². The highest BCUT2D eigenvalue weighted by atomic mass is 35.5. The standard InChI is InChI=1S/C17H15ClFNO3/c1-10(2)23-17(22)12-8-15(14(19)9-13(12)18)20-16(21)11-6-4-3-5-7-11/h3-10H,1-2H3,(H,20,21). The van der Waals surface area contributed by atoms with Gasteiger partial charge in [0, 0.05) is 5.56 Å². The number of carbonyl (C=O) groups excluding carboxylic acids is 2. The number of carbonyl (C=O) groups is 2. The van der Waals surface area contributed by atoms with Gasteiger partial charge in [-0.25, -0.2) is 9.18 Å². The van der Waals surface area contributed by atoms with E-state index in [9.17, 15) is 14.0 Å². The van der Waals surface area contributed by atoms with Crippen LogP contribution >= 0.6 is 11.6 Å². The van der Waals surface area contributed by atoms with Gasteiger partial charge in [-0.05, 0) is 38.1 Å². The van der Waals surface area contributed by atoms with E-state index < -0.39 is 17.7 Å². The van der Waals surface area contributed by atoms with Gasteiger partial charge in [-0.3, -0.25) is 4.79 Å². The van der Waals surface area contributed by atoms with Crippen LogP contribution in [0.3, 0.4) is 0 Å². The number of nitrogens with one attached hydrogen (secondary N) is 1. The highest BCUT2D eigenvalue weighted by Crippen LogP contribution is 2.25. The first kappa shape index (κ1) is 17.0. The molecule has 2 rings (SSSR count). The molecule has 2 aromatic rings. The van der Waals surface area contributed by atoms with Crippen molar-refractivity contribution in [2.75, 3.05) is 5.32 Å². The fourth-order valence-electron chi connectivity index (χ4n) is 1.86. The van der Waals surface area contributed by atoms with Crippen molar-refractivity contribution in [1.29, 1.82) is 0 Å². The fourth-order valence-corrected chi connectivity index (χ4v) is 2.09. The Balaban J connectivity index is 2.29. The SMILES string of the molecule is CC(C)OC(=O)c1cc(NC(=O)c2ccccc2)c(F)cc1Cl. The maximum absolute atomic E-state index is 14.0. The molecule has 0 saturated heterocycles.